The van der Waals surface area contributed by atoms with Crippen molar-refractivity contribution in [1.29, 1.82) is 0 Å². The normalized spacial score (nSPS) is 11.8. The average molecular weight is 430 g/mol. The van der Waals surface area contributed by atoms with Gasteiger partial charge in [0.15, 0.2) is 0 Å². The first-order valence-corrected chi connectivity index (χ1v) is 13.0. The number of nitrogen functional groups attached to an aromatic ring is 1. The van der Waals surface area contributed by atoms with Crippen molar-refractivity contribution in [3.8, 4) is 0 Å². The molecule has 0 bridgehead atoms. The first-order chi connectivity index (χ1) is 13.7. The number of quaternary nitrogens is 1. The molecule has 0 amide bonds. The van der Waals surface area contributed by atoms with Crippen molar-refractivity contribution in [2.24, 2.45) is 0 Å². The summed E-state index contributed by atoms with van der Waals surface area (Å²) in [4.78, 5) is 0. The van der Waals surface area contributed by atoms with Gasteiger partial charge in [0.25, 0.3) is 10.1 Å². The topological polar surface area (TPSA) is 80.4 Å². The zero-order chi connectivity index (χ0) is 22.2. The fourth-order valence-electron chi connectivity index (χ4n) is 3.54. The quantitative estimate of drug-likeness (QED) is 0.227. The van der Waals surface area contributed by atoms with Crippen LogP contribution in [-0.4, -0.2) is 43.6 Å². The molecular weight excluding hydrogens is 384 g/mol. The average Bonchev–Trinajstić information content (AvgIpc) is 2.66. The van der Waals surface area contributed by atoms with E-state index in [-0.39, 0.29) is 0 Å². The predicted molar refractivity (Wildman–Crippen MR) is 125 cm³/mol. The summed E-state index contributed by atoms with van der Waals surface area (Å²) in [7, 11) is -3.95. The van der Waals surface area contributed by atoms with Gasteiger partial charge in [0.2, 0.25) is 0 Å². The van der Waals surface area contributed by atoms with Crippen LogP contribution in [0.15, 0.2) is 24.3 Å². The maximum atomic E-state index is 10.4. The molecule has 0 spiro atoms. The summed E-state index contributed by atoms with van der Waals surface area (Å²) in [5, 5.41) is 0. The zero-order valence-corrected chi connectivity index (χ0v) is 20.0. The van der Waals surface area contributed by atoms with Crippen molar-refractivity contribution < 1.29 is 17.5 Å². The summed E-state index contributed by atoms with van der Waals surface area (Å²) in [6.07, 6.45) is 11.1. The summed E-state index contributed by atoms with van der Waals surface area (Å²) in [6.45, 7) is 15.0. The lowest BCUT2D eigenvalue weighted by molar-refractivity contribution is -0.929. The van der Waals surface area contributed by atoms with Gasteiger partial charge in [-0.15, -0.1) is 0 Å². The zero-order valence-electron chi connectivity index (χ0n) is 19.2. The molecule has 3 N–H and O–H groups in total. The van der Waals surface area contributed by atoms with Gasteiger partial charge in [-0.25, -0.2) is 0 Å². The van der Waals surface area contributed by atoms with E-state index in [9.17, 15) is 8.42 Å². The van der Waals surface area contributed by atoms with Gasteiger partial charge >= 0.3 is 0 Å². The Labute approximate surface area is 180 Å². The maximum Gasteiger partial charge on any atom is 0.269 e. The molecule has 0 saturated heterocycles. The Morgan fingerprint density at radius 2 is 1.24 bits per heavy atom. The van der Waals surface area contributed by atoms with Crippen molar-refractivity contribution in [2.75, 3.05) is 31.9 Å². The molecule has 1 rings (SSSR count). The third kappa shape index (κ3) is 14.5. The molecule has 0 radical (unpaired) electrons. The molecule has 0 aliphatic heterocycles. The van der Waals surface area contributed by atoms with Crippen LogP contribution in [0.1, 0.15) is 84.6 Å². The molecule has 6 heteroatoms. The molecule has 0 atom stereocenters. The molecule has 170 valence electrons. The molecule has 5 nitrogen and oxygen atoms in total. The second kappa shape index (κ2) is 15.7. The van der Waals surface area contributed by atoms with Crippen molar-refractivity contribution in [3.05, 3.63) is 29.8 Å². The van der Waals surface area contributed by atoms with Gasteiger partial charge in [-0.3, -0.25) is 4.55 Å². The van der Waals surface area contributed by atoms with Crippen LogP contribution in [-0.2, 0) is 15.9 Å². The van der Waals surface area contributed by atoms with E-state index in [1.165, 1.54) is 88.1 Å². The van der Waals surface area contributed by atoms with Crippen LogP contribution >= 0.6 is 0 Å². The summed E-state index contributed by atoms with van der Waals surface area (Å²) >= 11 is 0. The highest BCUT2D eigenvalue weighted by atomic mass is 32.2. The lowest BCUT2D eigenvalue weighted by Crippen LogP contribution is -2.50. The van der Waals surface area contributed by atoms with Crippen LogP contribution in [0.25, 0.3) is 0 Å². The van der Waals surface area contributed by atoms with E-state index < -0.39 is 15.9 Å². The number of nitrogens with two attached hydrogens (primary N) is 1. The molecule has 1 aromatic rings. The van der Waals surface area contributed by atoms with E-state index in [1.807, 2.05) is 0 Å². The number of anilines is 1. The largest absolute Gasteiger partial charge is 0.399 e. The molecule has 0 unspecified atom stereocenters. The second-order valence-corrected chi connectivity index (χ2v) is 9.57. The van der Waals surface area contributed by atoms with Crippen LogP contribution in [0.2, 0.25) is 0 Å². The van der Waals surface area contributed by atoms with Crippen LogP contribution in [0.5, 0.6) is 0 Å². The fraction of sp³-hybridized carbons (Fsp3) is 0.739. The van der Waals surface area contributed by atoms with E-state index in [4.69, 9.17) is 10.3 Å². The Morgan fingerprint density at radius 3 is 1.55 bits per heavy atom. The van der Waals surface area contributed by atoms with Crippen molar-refractivity contribution in [3.63, 3.8) is 0 Å². The third-order valence-corrected chi connectivity index (χ3v) is 5.94. The highest BCUT2D eigenvalue weighted by molar-refractivity contribution is 7.85. The maximum absolute atomic E-state index is 10.4. The first kappa shape index (κ1) is 27.9. The van der Waals surface area contributed by atoms with E-state index in [0.717, 1.165) is 0 Å². The highest BCUT2D eigenvalue weighted by Gasteiger charge is 2.24. The number of nitrogens with zero attached hydrogens (tertiary/aromatic N) is 1. The van der Waals surface area contributed by atoms with Crippen molar-refractivity contribution in [1.82, 2.24) is 0 Å². The predicted octanol–water partition coefficient (Wildman–Crippen LogP) is 5.66. The minimum Gasteiger partial charge on any atom is -0.399 e. The summed E-state index contributed by atoms with van der Waals surface area (Å²) in [6, 6.07) is 6.38. The molecule has 0 heterocycles. The van der Waals surface area contributed by atoms with Gasteiger partial charge in [-0.2, -0.15) is 8.42 Å². The van der Waals surface area contributed by atoms with Crippen LogP contribution in [0.4, 0.5) is 5.69 Å². The molecule has 0 aliphatic rings. The fourth-order valence-corrected chi connectivity index (χ4v) is 4.14. The van der Waals surface area contributed by atoms with Gasteiger partial charge in [0.1, 0.15) is 5.75 Å². The van der Waals surface area contributed by atoms with Gasteiger partial charge in [-0.05, 0) is 43.4 Å². The van der Waals surface area contributed by atoms with E-state index in [1.54, 1.807) is 18.2 Å². The molecular formula is C23H45N2O3S+. The Kier molecular flexibility index (Phi) is 15.1. The molecule has 0 saturated carbocycles. The first-order valence-electron chi connectivity index (χ1n) is 11.4. The number of unbranched alkanes of at least 4 members (excludes halogenated alkanes) is 4. The minimum absolute atomic E-state index is 0.391. The van der Waals surface area contributed by atoms with Crippen LogP contribution < -0.4 is 5.73 Å². The summed E-state index contributed by atoms with van der Waals surface area (Å²) in [5.74, 6) is -0.391. The Bertz CT molecular complexity index is 595. The van der Waals surface area contributed by atoms with Crippen LogP contribution in [0.3, 0.4) is 0 Å². The highest BCUT2D eigenvalue weighted by Crippen LogP contribution is 2.16. The Balaban J connectivity index is 0.000000571. The van der Waals surface area contributed by atoms with E-state index in [2.05, 4.69) is 27.7 Å². The lowest BCUT2D eigenvalue weighted by atomic mass is 10.1. The van der Waals surface area contributed by atoms with Gasteiger partial charge in [-0.1, -0.05) is 65.5 Å². The standard InChI is InChI=1S/C16H36N.C7H9NO3S/c1-5-9-13-17(14-10-6-2,15-11-7-3)16-12-8-4;8-7-3-1-2-6(4-7)5-12(9,10)11/h5-16H2,1-4H3;1-4H,5,8H2,(H,9,10,11)/q+1;. The number of benzene rings is 1. The summed E-state index contributed by atoms with van der Waals surface area (Å²) < 4.78 is 30.8. The van der Waals surface area contributed by atoms with Crippen molar-refractivity contribution in [2.45, 2.75) is 84.8 Å². The van der Waals surface area contributed by atoms with Crippen LogP contribution in [0, 0.1) is 0 Å². The van der Waals surface area contributed by atoms with E-state index >= 15 is 0 Å². The minimum atomic E-state index is -3.95. The van der Waals surface area contributed by atoms with Crippen molar-refractivity contribution >= 4 is 15.8 Å². The van der Waals surface area contributed by atoms with Gasteiger partial charge < -0.3 is 10.2 Å². The molecule has 0 fully saturated rings. The monoisotopic (exact) mass is 429 g/mol. The Hall–Kier alpha value is -1.11. The SMILES string of the molecule is CCCC[N+](CCCC)(CCCC)CCCC.Nc1cccc(CS(=O)(=O)O)c1. The third-order valence-electron chi connectivity index (χ3n) is 5.24. The molecule has 1 aromatic carbocycles. The van der Waals surface area contributed by atoms with Gasteiger partial charge in [0.05, 0.1) is 26.2 Å². The summed E-state index contributed by atoms with van der Waals surface area (Å²) in [5.41, 5.74) is 6.37. The van der Waals surface area contributed by atoms with E-state index in [0.29, 0.717) is 11.3 Å². The number of hydrogen-bond acceptors (Lipinski definition) is 3. The molecule has 0 aliphatic carbocycles. The smallest absolute Gasteiger partial charge is 0.269 e. The number of hydrogen-bond donors (Lipinski definition) is 2. The molecule has 29 heavy (non-hydrogen) atoms. The second-order valence-electron chi connectivity index (χ2n) is 8.12. The Morgan fingerprint density at radius 1 is 0.828 bits per heavy atom. The van der Waals surface area contributed by atoms with Gasteiger partial charge in [0, 0.05) is 5.69 Å². The lowest BCUT2D eigenvalue weighted by Gasteiger charge is -2.39. The number of rotatable bonds is 14. The molecule has 0 aromatic heterocycles.